The van der Waals surface area contributed by atoms with E-state index in [1.165, 1.54) is 6.07 Å². The molecule has 29 heavy (non-hydrogen) atoms. The van der Waals surface area contributed by atoms with Gasteiger partial charge in [0.1, 0.15) is 17.3 Å². The minimum absolute atomic E-state index is 0.157. The van der Waals surface area contributed by atoms with Crippen LogP contribution in [-0.2, 0) is 4.79 Å². The number of nitrogens with zero attached hydrogens (tertiary/aromatic N) is 4. The Morgan fingerprint density at radius 2 is 2.03 bits per heavy atom. The van der Waals surface area contributed by atoms with Gasteiger partial charge in [0.05, 0.1) is 5.69 Å². The summed E-state index contributed by atoms with van der Waals surface area (Å²) in [7, 11) is 0. The zero-order valence-corrected chi connectivity index (χ0v) is 16.5. The Hall–Kier alpha value is -3.26. The van der Waals surface area contributed by atoms with E-state index in [2.05, 4.69) is 28.0 Å². The number of amides is 1. The molecule has 0 bridgehead atoms. The maximum Gasteiger partial charge on any atom is 0.226 e. The van der Waals surface area contributed by atoms with Gasteiger partial charge in [-0.3, -0.25) is 4.79 Å². The predicted octanol–water partition coefficient (Wildman–Crippen LogP) is 4.16. The molecule has 0 atom stereocenters. The second-order valence-corrected chi connectivity index (χ2v) is 6.97. The van der Waals surface area contributed by atoms with Crippen LogP contribution >= 0.6 is 12.6 Å². The van der Waals surface area contributed by atoms with Gasteiger partial charge in [0.25, 0.3) is 0 Å². The highest BCUT2D eigenvalue weighted by Crippen LogP contribution is 2.33. The Morgan fingerprint density at radius 1 is 1.17 bits per heavy atom. The average molecular weight is 407 g/mol. The zero-order chi connectivity index (χ0) is 20.4. The number of aryl methyl sites for hydroxylation is 1. The fourth-order valence-corrected chi connectivity index (χ4v) is 3.30. The lowest BCUT2D eigenvalue weighted by Gasteiger charge is -2.08. The molecular weight excluding hydrogens is 389 g/mol. The number of benzene rings is 1. The number of rotatable bonds is 5. The molecule has 0 aliphatic heterocycles. The largest absolute Gasteiger partial charge is 0.311 e. The topological polar surface area (TPSA) is 72.2 Å². The minimum atomic E-state index is -0.268. The fraction of sp³-hybridized carbons (Fsp3) is 0.143. The van der Waals surface area contributed by atoms with Gasteiger partial charge in [-0.25, -0.2) is 18.9 Å². The smallest absolute Gasteiger partial charge is 0.226 e. The summed E-state index contributed by atoms with van der Waals surface area (Å²) >= 11 is 4.08. The van der Waals surface area contributed by atoms with E-state index in [0.29, 0.717) is 34.9 Å². The van der Waals surface area contributed by atoms with Gasteiger partial charge in [0.2, 0.25) is 5.91 Å². The summed E-state index contributed by atoms with van der Waals surface area (Å²) in [5.74, 6) is 0.462. The Morgan fingerprint density at radius 3 is 2.83 bits per heavy atom. The van der Waals surface area contributed by atoms with Crippen LogP contribution in [0.5, 0.6) is 0 Å². The molecule has 0 fully saturated rings. The number of aromatic nitrogens is 4. The molecule has 8 heteroatoms. The Labute approximate surface area is 172 Å². The second-order valence-electron chi connectivity index (χ2n) is 6.52. The molecule has 4 aromatic rings. The maximum atomic E-state index is 13.8. The summed E-state index contributed by atoms with van der Waals surface area (Å²) in [6.45, 7) is 1.72. The van der Waals surface area contributed by atoms with Crippen LogP contribution in [0.4, 0.5) is 10.2 Å². The van der Waals surface area contributed by atoms with Crippen molar-refractivity contribution in [2.24, 2.45) is 0 Å². The van der Waals surface area contributed by atoms with Gasteiger partial charge in [0.15, 0.2) is 5.65 Å². The molecule has 3 heterocycles. The number of fused-ring (bicyclic) bond motifs is 1. The molecule has 4 rings (SSSR count). The molecular formula is C21H18FN5OS. The first-order chi connectivity index (χ1) is 14.1. The molecule has 0 saturated heterocycles. The van der Waals surface area contributed by atoms with Crippen LogP contribution in [-0.4, -0.2) is 31.2 Å². The molecule has 0 saturated carbocycles. The number of hydrogen-bond donors (Lipinski definition) is 2. The van der Waals surface area contributed by atoms with Crippen molar-refractivity contribution in [2.45, 2.75) is 13.3 Å². The van der Waals surface area contributed by atoms with Crippen LogP contribution in [0, 0.1) is 12.7 Å². The first-order valence-electron chi connectivity index (χ1n) is 9.04. The van der Waals surface area contributed by atoms with Gasteiger partial charge in [0, 0.05) is 29.9 Å². The number of imidazole rings is 1. The molecule has 0 aliphatic carbocycles. The first-order valence-corrected chi connectivity index (χ1v) is 9.67. The SMILES string of the molecule is Cc1cc(-c2nc3cccnn3c2-c2ccnc(NC(=O)CCS)c2)ccc1F. The Bertz CT molecular complexity index is 1210. The van der Waals surface area contributed by atoms with Crippen molar-refractivity contribution in [3.05, 3.63) is 66.2 Å². The second kappa shape index (κ2) is 8.00. The summed E-state index contributed by atoms with van der Waals surface area (Å²) < 4.78 is 15.5. The van der Waals surface area contributed by atoms with Crippen LogP contribution in [0.15, 0.2) is 54.9 Å². The highest BCUT2D eigenvalue weighted by atomic mass is 32.1. The Kier molecular flexibility index (Phi) is 5.26. The normalized spacial score (nSPS) is 11.0. The van der Waals surface area contributed by atoms with E-state index in [9.17, 15) is 9.18 Å². The van der Waals surface area contributed by atoms with Gasteiger partial charge in [-0.2, -0.15) is 17.7 Å². The molecule has 0 unspecified atom stereocenters. The number of nitrogens with one attached hydrogen (secondary N) is 1. The quantitative estimate of drug-likeness (QED) is 0.487. The number of carbonyl (C=O) groups is 1. The van der Waals surface area contributed by atoms with Gasteiger partial charge in [-0.1, -0.05) is 0 Å². The van der Waals surface area contributed by atoms with Gasteiger partial charge in [-0.15, -0.1) is 0 Å². The number of thiol groups is 1. The number of hydrogen-bond acceptors (Lipinski definition) is 5. The summed E-state index contributed by atoms with van der Waals surface area (Å²) in [5, 5.41) is 7.20. The molecule has 0 aliphatic rings. The van der Waals surface area contributed by atoms with Gasteiger partial charge >= 0.3 is 0 Å². The number of anilines is 1. The Balaban J connectivity index is 1.87. The van der Waals surface area contributed by atoms with Crippen molar-refractivity contribution in [1.29, 1.82) is 0 Å². The molecule has 3 aromatic heterocycles. The maximum absolute atomic E-state index is 13.8. The molecule has 0 spiro atoms. The number of halogens is 1. The monoisotopic (exact) mass is 407 g/mol. The third-order valence-electron chi connectivity index (χ3n) is 4.46. The van der Waals surface area contributed by atoms with Gasteiger partial charge in [-0.05, 0) is 60.7 Å². The van der Waals surface area contributed by atoms with E-state index >= 15 is 0 Å². The lowest BCUT2D eigenvalue weighted by molar-refractivity contribution is -0.115. The van der Waals surface area contributed by atoms with Crippen molar-refractivity contribution in [3.8, 4) is 22.5 Å². The molecule has 6 nitrogen and oxygen atoms in total. The van der Waals surface area contributed by atoms with Crippen molar-refractivity contribution in [2.75, 3.05) is 11.1 Å². The van der Waals surface area contributed by atoms with E-state index in [1.807, 2.05) is 18.2 Å². The van der Waals surface area contributed by atoms with Crippen molar-refractivity contribution < 1.29 is 9.18 Å². The third-order valence-corrected chi connectivity index (χ3v) is 4.69. The molecule has 0 radical (unpaired) electrons. The van der Waals surface area contributed by atoms with Crippen LogP contribution in [0.3, 0.4) is 0 Å². The average Bonchev–Trinajstić information content (AvgIpc) is 3.10. The van der Waals surface area contributed by atoms with E-state index in [-0.39, 0.29) is 11.7 Å². The molecule has 146 valence electrons. The summed E-state index contributed by atoms with van der Waals surface area (Å²) in [6.07, 6.45) is 3.59. The van der Waals surface area contributed by atoms with Crippen LogP contribution < -0.4 is 5.32 Å². The molecule has 1 aromatic carbocycles. The van der Waals surface area contributed by atoms with E-state index in [4.69, 9.17) is 4.98 Å². The molecule has 1 N–H and O–H groups in total. The van der Waals surface area contributed by atoms with Crippen molar-refractivity contribution >= 4 is 30.0 Å². The van der Waals surface area contributed by atoms with Crippen LogP contribution in [0.2, 0.25) is 0 Å². The standard InChI is InChI=1S/C21H18FN5OS/c1-13-11-14(4-5-16(13)22)20-21(27-18(26-20)3-2-8-24-27)15-6-9-23-17(12-15)25-19(28)7-10-29/h2-6,8-9,11-12,29H,7,10H2,1H3,(H,23,25,28). The number of pyridine rings is 1. The van der Waals surface area contributed by atoms with Crippen molar-refractivity contribution in [1.82, 2.24) is 19.6 Å². The van der Waals surface area contributed by atoms with Crippen molar-refractivity contribution in [3.63, 3.8) is 0 Å². The van der Waals surface area contributed by atoms with E-state index in [0.717, 1.165) is 16.8 Å². The highest BCUT2D eigenvalue weighted by Gasteiger charge is 2.18. The lowest BCUT2D eigenvalue weighted by atomic mass is 10.0. The summed E-state index contributed by atoms with van der Waals surface area (Å²) in [6, 6.07) is 12.2. The van der Waals surface area contributed by atoms with Crippen LogP contribution in [0.25, 0.3) is 28.2 Å². The third kappa shape index (κ3) is 3.84. The minimum Gasteiger partial charge on any atom is -0.311 e. The highest BCUT2D eigenvalue weighted by molar-refractivity contribution is 7.80. The fourth-order valence-electron chi connectivity index (χ4n) is 3.09. The molecule has 1 amide bonds. The number of carbonyl (C=O) groups excluding carboxylic acids is 1. The zero-order valence-electron chi connectivity index (χ0n) is 15.6. The van der Waals surface area contributed by atoms with Crippen LogP contribution in [0.1, 0.15) is 12.0 Å². The lowest BCUT2D eigenvalue weighted by Crippen LogP contribution is -2.12. The summed E-state index contributed by atoms with van der Waals surface area (Å²) in [4.78, 5) is 20.8. The van der Waals surface area contributed by atoms with E-state index in [1.54, 1.807) is 42.0 Å². The van der Waals surface area contributed by atoms with Gasteiger partial charge < -0.3 is 5.32 Å². The van der Waals surface area contributed by atoms with E-state index < -0.39 is 0 Å². The predicted molar refractivity (Wildman–Crippen MR) is 113 cm³/mol. The first kappa shape index (κ1) is 19.1. The summed E-state index contributed by atoms with van der Waals surface area (Å²) in [5.41, 5.74) is 4.17.